The van der Waals surface area contributed by atoms with Crippen molar-refractivity contribution in [1.29, 1.82) is 0 Å². The molecule has 3 N–H and O–H groups in total. The van der Waals surface area contributed by atoms with Gasteiger partial charge in [-0.15, -0.1) is 22.7 Å². The third-order valence-electron chi connectivity index (χ3n) is 2.68. The van der Waals surface area contributed by atoms with E-state index in [2.05, 4.69) is 15.3 Å². The smallest absolute Gasteiger partial charge is 0.236 e. The van der Waals surface area contributed by atoms with Crippen molar-refractivity contribution in [3.05, 3.63) is 39.5 Å². The van der Waals surface area contributed by atoms with Crippen LogP contribution < -0.4 is 11.1 Å². The molecule has 0 fully saturated rings. The minimum absolute atomic E-state index is 0.0811. The maximum absolute atomic E-state index is 12.5. The van der Waals surface area contributed by atoms with E-state index in [-0.39, 0.29) is 18.3 Å². The molecule has 6 nitrogen and oxygen atoms in total. The van der Waals surface area contributed by atoms with Crippen molar-refractivity contribution >= 4 is 50.5 Å². The predicted molar refractivity (Wildman–Crippen MR) is 82.9 cm³/mol. The first kappa shape index (κ1) is 13.7. The molecule has 21 heavy (non-hydrogen) atoms. The molecule has 0 aromatic carbocycles. The van der Waals surface area contributed by atoms with Gasteiger partial charge in [0.2, 0.25) is 17.6 Å². The lowest BCUT2D eigenvalue weighted by Crippen LogP contribution is -2.23. The van der Waals surface area contributed by atoms with Crippen LogP contribution in [0.15, 0.2) is 29.0 Å². The highest BCUT2D eigenvalue weighted by atomic mass is 32.1. The van der Waals surface area contributed by atoms with Crippen LogP contribution in [0.1, 0.15) is 15.4 Å². The standard InChI is InChI=1S/C13H10N4O2S2/c14-9(18)6-15-13-16-7-3-5-21-12(7)10(17-13)11(19)8-2-1-4-20-8/h1-5H,6H2,(H2,14,18)(H,15,16,17). The van der Waals surface area contributed by atoms with Crippen molar-refractivity contribution in [3.63, 3.8) is 0 Å². The zero-order valence-electron chi connectivity index (χ0n) is 10.7. The lowest BCUT2D eigenvalue weighted by atomic mass is 10.2. The molecule has 0 radical (unpaired) electrons. The van der Waals surface area contributed by atoms with Crippen LogP contribution in [0.4, 0.5) is 5.95 Å². The number of aromatic nitrogens is 2. The van der Waals surface area contributed by atoms with E-state index in [9.17, 15) is 9.59 Å². The Morgan fingerprint density at radius 2 is 2.05 bits per heavy atom. The molecule has 3 aromatic heterocycles. The summed E-state index contributed by atoms with van der Waals surface area (Å²) in [5.74, 6) is -0.447. The summed E-state index contributed by atoms with van der Waals surface area (Å²) in [6.07, 6.45) is 0. The number of nitrogens with zero attached hydrogens (tertiary/aromatic N) is 2. The third kappa shape index (κ3) is 2.76. The van der Waals surface area contributed by atoms with Crippen LogP contribution in [-0.4, -0.2) is 28.2 Å². The second-order valence-electron chi connectivity index (χ2n) is 4.16. The van der Waals surface area contributed by atoms with E-state index in [0.717, 1.165) is 4.70 Å². The molecule has 0 saturated heterocycles. The molecule has 0 unspecified atom stereocenters. The molecule has 3 rings (SSSR count). The lowest BCUT2D eigenvalue weighted by molar-refractivity contribution is -0.116. The molecule has 1 amide bonds. The first-order chi connectivity index (χ1) is 10.1. The maximum atomic E-state index is 12.5. The Morgan fingerprint density at radius 1 is 1.19 bits per heavy atom. The molecule has 0 atom stereocenters. The number of carbonyl (C=O) groups is 2. The van der Waals surface area contributed by atoms with Crippen molar-refractivity contribution in [3.8, 4) is 0 Å². The van der Waals surface area contributed by atoms with Crippen LogP contribution in [0.5, 0.6) is 0 Å². The summed E-state index contributed by atoms with van der Waals surface area (Å²) in [4.78, 5) is 32.5. The Balaban J connectivity index is 2.05. The summed E-state index contributed by atoms with van der Waals surface area (Å²) in [5.41, 5.74) is 6.09. The van der Waals surface area contributed by atoms with Crippen molar-refractivity contribution in [1.82, 2.24) is 9.97 Å². The SMILES string of the molecule is NC(=O)CNc1nc(C(=O)c2cccs2)c2sccc2n1. The highest BCUT2D eigenvalue weighted by Crippen LogP contribution is 2.26. The molecule has 3 aromatic rings. The van der Waals surface area contributed by atoms with Gasteiger partial charge >= 0.3 is 0 Å². The Bertz CT molecular complexity index is 811. The van der Waals surface area contributed by atoms with Gasteiger partial charge in [-0.2, -0.15) is 0 Å². The Labute approximate surface area is 127 Å². The van der Waals surface area contributed by atoms with Gasteiger partial charge in [-0.05, 0) is 22.9 Å². The van der Waals surface area contributed by atoms with Crippen LogP contribution >= 0.6 is 22.7 Å². The van der Waals surface area contributed by atoms with Gasteiger partial charge < -0.3 is 11.1 Å². The van der Waals surface area contributed by atoms with Gasteiger partial charge in [-0.25, -0.2) is 9.97 Å². The van der Waals surface area contributed by atoms with Gasteiger partial charge in [0.1, 0.15) is 5.69 Å². The first-order valence-electron chi connectivity index (χ1n) is 6.01. The molecule has 0 aliphatic rings. The predicted octanol–water partition coefficient (Wildman–Crippen LogP) is 1.88. The van der Waals surface area contributed by atoms with Gasteiger partial charge in [0.05, 0.1) is 21.6 Å². The number of nitrogens with one attached hydrogen (secondary N) is 1. The van der Waals surface area contributed by atoms with Crippen molar-refractivity contribution in [2.45, 2.75) is 0 Å². The number of hydrogen-bond acceptors (Lipinski definition) is 7. The minimum atomic E-state index is -0.518. The fraction of sp³-hybridized carbons (Fsp3) is 0.0769. The van der Waals surface area contributed by atoms with Gasteiger partial charge in [-0.1, -0.05) is 6.07 Å². The van der Waals surface area contributed by atoms with Crippen LogP contribution in [0, 0.1) is 0 Å². The number of ketones is 1. The topological polar surface area (TPSA) is 98.0 Å². The second kappa shape index (κ2) is 5.58. The number of fused-ring (bicyclic) bond motifs is 1. The van der Waals surface area contributed by atoms with E-state index >= 15 is 0 Å². The summed E-state index contributed by atoms with van der Waals surface area (Å²) in [5, 5.41) is 6.41. The summed E-state index contributed by atoms with van der Waals surface area (Å²) in [6.45, 7) is -0.0811. The number of thiophene rings is 2. The highest BCUT2D eigenvalue weighted by Gasteiger charge is 2.18. The third-order valence-corrected chi connectivity index (χ3v) is 4.46. The first-order valence-corrected chi connectivity index (χ1v) is 7.76. The van der Waals surface area contributed by atoms with Crippen molar-refractivity contribution in [2.24, 2.45) is 5.73 Å². The summed E-state index contributed by atoms with van der Waals surface area (Å²) >= 11 is 2.77. The average molecular weight is 318 g/mol. The molecule has 0 saturated carbocycles. The summed E-state index contributed by atoms with van der Waals surface area (Å²) < 4.78 is 0.734. The fourth-order valence-electron chi connectivity index (χ4n) is 1.79. The van der Waals surface area contributed by atoms with E-state index in [0.29, 0.717) is 16.1 Å². The van der Waals surface area contributed by atoms with Crippen LogP contribution in [0.2, 0.25) is 0 Å². The highest BCUT2D eigenvalue weighted by molar-refractivity contribution is 7.17. The van der Waals surface area contributed by atoms with Gasteiger partial charge in [0.15, 0.2) is 0 Å². The summed E-state index contributed by atoms with van der Waals surface area (Å²) in [7, 11) is 0. The van der Waals surface area contributed by atoms with Crippen LogP contribution in [-0.2, 0) is 4.79 Å². The van der Waals surface area contributed by atoms with Gasteiger partial charge in [0.25, 0.3) is 0 Å². The summed E-state index contributed by atoms with van der Waals surface area (Å²) in [6, 6.07) is 5.38. The van der Waals surface area contributed by atoms with Gasteiger partial charge in [0, 0.05) is 0 Å². The number of nitrogens with two attached hydrogens (primary N) is 1. The molecule has 106 valence electrons. The van der Waals surface area contributed by atoms with E-state index in [4.69, 9.17) is 5.73 Å². The Hall–Kier alpha value is -2.32. The van der Waals surface area contributed by atoms with Crippen molar-refractivity contribution < 1.29 is 9.59 Å². The molecule has 8 heteroatoms. The number of hydrogen-bond donors (Lipinski definition) is 2. The van der Waals surface area contributed by atoms with Crippen LogP contribution in [0.25, 0.3) is 10.2 Å². The van der Waals surface area contributed by atoms with Crippen LogP contribution in [0.3, 0.4) is 0 Å². The molecular weight excluding hydrogens is 308 g/mol. The van der Waals surface area contributed by atoms with Gasteiger partial charge in [-0.3, -0.25) is 9.59 Å². The van der Waals surface area contributed by atoms with E-state index in [1.54, 1.807) is 6.07 Å². The zero-order valence-corrected chi connectivity index (χ0v) is 12.3. The van der Waals surface area contributed by atoms with E-state index in [1.165, 1.54) is 22.7 Å². The average Bonchev–Trinajstić information content (AvgIpc) is 3.14. The molecular formula is C13H10N4O2S2. The van der Waals surface area contributed by atoms with E-state index < -0.39 is 5.91 Å². The Kier molecular flexibility index (Phi) is 3.63. The number of anilines is 1. The molecule has 0 bridgehead atoms. The number of carbonyl (C=O) groups excluding carboxylic acids is 2. The maximum Gasteiger partial charge on any atom is 0.236 e. The Morgan fingerprint density at radius 3 is 2.76 bits per heavy atom. The quantitative estimate of drug-likeness (QED) is 0.700. The molecule has 0 aliphatic heterocycles. The largest absolute Gasteiger partial charge is 0.368 e. The number of amides is 1. The molecule has 0 spiro atoms. The fourth-order valence-corrected chi connectivity index (χ4v) is 3.27. The molecule has 3 heterocycles. The van der Waals surface area contributed by atoms with E-state index in [1.807, 2.05) is 22.9 Å². The van der Waals surface area contributed by atoms with Crippen molar-refractivity contribution in [2.75, 3.05) is 11.9 Å². The monoisotopic (exact) mass is 318 g/mol. The second-order valence-corrected chi connectivity index (χ2v) is 6.02. The lowest BCUT2D eigenvalue weighted by Gasteiger charge is -2.05. The molecule has 0 aliphatic carbocycles. The number of primary amides is 1. The zero-order chi connectivity index (χ0) is 14.8. The number of rotatable bonds is 5. The normalized spacial score (nSPS) is 10.7. The minimum Gasteiger partial charge on any atom is -0.368 e.